The molecule has 4 atom stereocenters. The normalized spacial score (nSPS) is 28.3. The Balaban J connectivity index is 1.63. The number of amides is 1. The van der Waals surface area contributed by atoms with Crippen LogP contribution in [0, 0.1) is 17.8 Å². The molecule has 0 aromatic carbocycles. The van der Waals surface area contributed by atoms with E-state index in [0.717, 1.165) is 18.5 Å². The van der Waals surface area contributed by atoms with E-state index in [2.05, 4.69) is 15.3 Å². The summed E-state index contributed by atoms with van der Waals surface area (Å²) in [7, 11) is 1.34. The molecule has 2 bridgehead atoms. The Morgan fingerprint density at radius 3 is 2.90 bits per heavy atom. The molecule has 114 valence electrons. The zero-order chi connectivity index (χ0) is 14.8. The highest BCUT2D eigenvalue weighted by atomic mass is 16.5. The number of fused-ring (bicyclic) bond motifs is 2. The fourth-order valence-corrected chi connectivity index (χ4v) is 3.80. The summed E-state index contributed by atoms with van der Waals surface area (Å²) in [6.07, 6.45) is 8.12. The first kappa shape index (κ1) is 14.1. The number of imidazole rings is 1. The first-order chi connectivity index (χ1) is 10.2. The monoisotopic (exact) mass is 291 g/mol. The summed E-state index contributed by atoms with van der Waals surface area (Å²) < 4.78 is 4.80. The fourth-order valence-electron chi connectivity index (χ4n) is 3.80. The second-order valence-electron chi connectivity index (χ2n) is 6.15. The molecule has 6 nitrogen and oxygen atoms in total. The number of H-pyrrole nitrogens is 1. The zero-order valence-corrected chi connectivity index (χ0v) is 12.2. The SMILES string of the molecule is COC(=O)[C@H](Cc1cnc[nH]1)NC(=O)C1CC2CCC1C2. The first-order valence-corrected chi connectivity index (χ1v) is 7.53. The van der Waals surface area contributed by atoms with Crippen LogP contribution in [0.3, 0.4) is 0 Å². The number of hydrogen-bond donors (Lipinski definition) is 2. The standard InChI is InChI=1S/C15H21N3O3/c1-21-15(20)13(6-11-7-16-8-17-11)18-14(19)12-5-9-2-3-10(12)4-9/h7-10,12-13H,2-6H2,1H3,(H,16,17)(H,18,19)/t9?,10?,12?,13-/m0/s1. The van der Waals surface area contributed by atoms with Crippen molar-refractivity contribution in [3.05, 3.63) is 18.2 Å². The number of nitrogens with one attached hydrogen (secondary N) is 2. The van der Waals surface area contributed by atoms with Crippen LogP contribution in [0.2, 0.25) is 0 Å². The van der Waals surface area contributed by atoms with Crippen molar-refractivity contribution >= 4 is 11.9 Å². The third-order valence-corrected chi connectivity index (χ3v) is 4.86. The molecule has 0 spiro atoms. The quantitative estimate of drug-likeness (QED) is 0.794. The van der Waals surface area contributed by atoms with E-state index in [1.165, 1.54) is 20.0 Å². The van der Waals surface area contributed by atoms with Gasteiger partial charge in [-0.3, -0.25) is 4.79 Å². The molecule has 2 fully saturated rings. The van der Waals surface area contributed by atoms with Crippen LogP contribution in [-0.4, -0.2) is 35.0 Å². The molecule has 1 aromatic heterocycles. The van der Waals surface area contributed by atoms with Crippen molar-refractivity contribution < 1.29 is 14.3 Å². The molecule has 1 amide bonds. The van der Waals surface area contributed by atoms with Crippen molar-refractivity contribution in [2.24, 2.45) is 17.8 Å². The zero-order valence-electron chi connectivity index (χ0n) is 12.2. The number of nitrogens with zero attached hydrogens (tertiary/aromatic N) is 1. The van der Waals surface area contributed by atoms with Crippen LogP contribution in [0.5, 0.6) is 0 Å². The van der Waals surface area contributed by atoms with Gasteiger partial charge in [-0.1, -0.05) is 6.42 Å². The maximum atomic E-state index is 12.4. The van der Waals surface area contributed by atoms with Crippen molar-refractivity contribution in [1.29, 1.82) is 0 Å². The van der Waals surface area contributed by atoms with E-state index < -0.39 is 12.0 Å². The molecule has 6 heteroatoms. The molecule has 0 saturated heterocycles. The number of aromatic amines is 1. The molecular formula is C15H21N3O3. The summed E-state index contributed by atoms with van der Waals surface area (Å²) >= 11 is 0. The number of methoxy groups -OCH3 is 1. The Bertz CT molecular complexity index is 514. The van der Waals surface area contributed by atoms with Gasteiger partial charge in [-0.05, 0) is 31.1 Å². The van der Waals surface area contributed by atoms with Crippen LogP contribution in [0.25, 0.3) is 0 Å². The Morgan fingerprint density at radius 2 is 2.33 bits per heavy atom. The Labute approximate surface area is 123 Å². The molecule has 2 saturated carbocycles. The molecule has 2 aliphatic carbocycles. The Morgan fingerprint density at radius 1 is 1.48 bits per heavy atom. The lowest BCUT2D eigenvalue weighted by Gasteiger charge is -2.23. The van der Waals surface area contributed by atoms with Crippen molar-refractivity contribution in [3.8, 4) is 0 Å². The minimum absolute atomic E-state index is 0.00267. The van der Waals surface area contributed by atoms with Gasteiger partial charge >= 0.3 is 5.97 Å². The van der Waals surface area contributed by atoms with Gasteiger partial charge in [-0.25, -0.2) is 9.78 Å². The van der Waals surface area contributed by atoms with E-state index in [1.54, 1.807) is 12.5 Å². The molecule has 2 N–H and O–H groups in total. The van der Waals surface area contributed by atoms with E-state index in [0.29, 0.717) is 18.3 Å². The van der Waals surface area contributed by atoms with E-state index in [9.17, 15) is 9.59 Å². The summed E-state index contributed by atoms with van der Waals surface area (Å²) in [6.45, 7) is 0. The van der Waals surface area contributed by atoms with E-state index in [1.807, 2.05) is 0 Å². The molecule has 21 heavy (non-hydrogen) atoms. The minimum Gasteiger partial charge on any atom is -0.467 e. The van der Waals surface area contributed by atoms with Crippen molar-refractivity contribution in [1.82, 2.24) is 15.3 Å². The number of aromatic nitrogens is 2. The molecular weight excluding hydrogens is 270 g/mol. The third-order valence-electron chi connectivity index (χ3n) is 4.86. The topological polar surface area (TPSA) is 84.1 Å². The number of ether oxygens (including phenoxy) is 1. The van der Waals surface area contributed by atoms with Gasteiger partial charge in [0.2, 0.25) is 5.91 Å². The van der Waals surface area contributed by atoms with Gasteiger partial charge in [0.25, 0.3) is 0 Å². The largest absolute Gasteiger partial charge is 0.467 e. The Hall–Kier alpha value is -1.85. The lowest BCUT2D eigenvalue weighted by Crippen LogP contribution is -2.46. The van der Waals surface area contributed by atoms with Crippen LogP contribution in [-0.2, 0) is 20.7 Å². The Kier molecular flexibility index (Phi) is 3.94. The maximum absolute atomic E-state index is 12.4. The van der Waals surface area contributed by atoms with Crippen LogP contribution in [0.15, 0.2) is 12.5 Å². The average molecular weight is 291 g/mol. The number of carbonyl (C=O) groups excluding carboxylic acids is 2. The van der Waals surface area contributed by atoms with E-state index in [4.69, 9.17) is 4.74 Å². The summed E-state index contributed by atoms with van der Waals surface area (Å²) in [5, 5.41) is 2.87. The summed E-state index contributed by atoms with van der Waals surface area (Å²) in [6, 6.07) is -0.651. The van der Waals surface area contributed by atoms with Crippen molar-refractivity contribution in [2.45, 2.75) is 38.1 Å². The van der Waals surface area contributed by atoms with Crippen molar-refractivity contribution in [3.63, 3.8) is 0 Å². The summed E-state index contributed by atoms with van der Waals surface area (Å²) in [5.74, 6) is 0.853. The smallest absolute Gasteiger partial charge is 0.328 e. The molecule has 3 rings (SSSR count). The number of hydrogen-bond acceptors (Lipinski definition) is 4. The highest BCUT2D eigenvalue weighted by Crippen LogP contribution is 2.48. The number of rotatable bonds is 5. The average Bonchev–Trinajstić information content (AvgIpc) is 3.22. The lowest BCUT2D eigenvalue weighted by molar-refractivity contribution is -0.145. The molecule has 2 aliphatic rings. The molecule has 1 aromatic rings. The predicted octanol–water partition coefficient (Wildman–Crippen LogP) is 1.05. The minimum atomic E-state index is -0.651. The van der Waals surface area contributed by atoms with Crippen LogP contribution < -0.4 is 5.32 Å². The second kappa shape index (κ2) is 5.87. The number of carbonyl (C=O) groups is 2. The molecule has 0 radical (unpaired) electrons. The van der Waals surface area contributed by atoms with E-state index in [-0.39, 0.29) is 11.8 Å². The molecule has 0 aliphatic heterocycles. The first-order valence-electron chi connectivity index (χ1n) is 7.53. The van der Waals surface area contributed by atoms with Gasteiger partial charge in [-0.15, -0.1) is 0 Å². The fraction of sp³-hybridized carbons (Fsp3) is 0.667. The molecule has 1 heterocycles. The van der Waals surface area contributed by atoms with Crippen LogP contribution in [0.1, 0.15) is 31.4 Å². The predicted molar refractivity (Wildman–Crippen MR) is 75.2 cm³/mol. The van der Waals surface area contributed by atoms with Crippen LogP contribution >= 0.6 is 0 Å². The van der Waals surface area contributed by atoms with Gasteiger partial charge in [0, 0.05) is 24.2 Å². The highest BCUT2D eigenvalue weighted by Gasteiger charge is 2.43. The van der Waals surface area contributed by atoms with E-state index >= 15 is 0 Å². The third kappa shape index (κ3) is 2.94. The van der Waals surface area contributed by atoms with Gasteiger partial charge < -0.3 is 15.0 Å². The summed E-state index contributed by atoms with van der Waals surface area (Å²) in [5.41, 5.74) is 0.804. The lowest BCUT2D eigenvalue weighted by atomic mass is 9.88. The van der Waals surface area contributed by atoms with Gasteiger partial charge in [0.15, 0.2) is 0 Å². The van der Waals surface area contributed by atoms with Gasteiger partial charge in [-0.2, -0.15) is 0 Å². The number of esters is 1. The van der Waals surface area contributed by atoms with Gasteiger partial charge in [0.05, 0.1) is 13.4 Å². The second-order valence-corrected chi connectivity index (χ2v) is 6.15. The maximum Gasteiger partial charge on any atom is 0.328 e. The highest BCUT2D eigenvalue weighted by molar-refractivity contribution is 5.86. The van der Waals surface area contributed by atoms with Crippen LogP contribution in [0.4, 0.5) is 0 Å². The summed E-state index contributed by atoms with van der Waals surface area (Å²) in [4.78, 5) is 31.2. The van der Waals surface area contributed by atoms with Gasteiger partial charge in [0.1, 0.15) is 6.04 Å². The molecule has 3 unspecified atom stereocenters. The van der Waals surface area contributed by atoms with Crippen molar-refractivity contribution in [2.75, 3.05) is 7.11 Å².